The first kappa shape index (κ1) is 11.9. The number of hydrogen-bond acceptors (Lipinski definition) is 2. The Morgan fingerprint density at radius 1 is 1.53 bits per heavy atom. The van der Waals surface area contributed by atoms with E-state index in [1.807, 2.05) is 29.7 Å². The van der Waals surface area contributed by atoms with Crippen LogP contribution in [-0.4, -0.2) is 20.6 Å². The number of pyridine rings is 1. The van der Waals surface area contributed by atoms with Gasteiger partial charge in [-0.3, -0.25) is 4.98 Å². The number of carboxylic acid groups (broad SMARTS) is 1. The fraction of sp³-hybridized carbons (Fsp3) is 0.167. The maximum absolute atomic E-state index is 10.8. The normalized spacial score (nSPS) is 10.5. The van der Waals surface area contributed by atoms with Crippen LogP contribution in [0, 0.1) is 6.92 Å². The van der Waals surface area contributed by atoms with Crippen molar-refractivity contribution < 1.29 is 9.90 Å². The lowest BCUT2D eigenvalue weighted by atomic mass is 10.3. The average molecular weight is 295 g/mol. The fourth-order valence-corrected chi connectivity index (χ4v) is 2.05. The van der Waals surface area contributed by atoms with Gasteiger partial charge < -0.3 is 9.67 Å². The molecule has 2 rings (SSSR count). The number of aromatic carboxylic acids is 1. The zero-order valence-electron chi connectivity index (χ0n) is 9.22. The third kappa shape index (κ3) is 2.74. The van der Waals surface area contributed by atoms with Crippen LogP contribution in [0.25, 0.3) is 0 Å². The van der Waals surface area contributed by atoms with Crippen molar-refractivity contribution in [2.24, 2.45) is 0 Å². The lowest BCUT2D eigenvalue weighted by molar-refractivity contribution is 0.0697. The molecular weight excluding hydrogens is 284 g/mol. The quantitative estimate of drug-likeness (QED) is 0.947. The highest BCUT2D eigenvalue weighted by atomic mass is 79.9. The average Bonchev–Trinajstić information content (AvgIpc) is 2.61. The van der Waals surface area contributed by atoms with Crippen molar-refractivity contribution in [2.75, 3.05) is 0 Å². The molecule has 0 unspecified atom stereocenters. The zero-order valence-corrected chi connectivity index (χ0v) is 10.8. The van der Waals surface area contributed by atoms with Crippen LogP contribution in [-0.2, 0) is 6.54 Å². The largest absolute Gasteiger partial charge is 0.478 e. The highest BCUT2D eigenvalue weighted by Crippen LogP contribution is 2.16. The van der Waals surface area contributed by atoms with E-state index >= 15 is 0 Å². The van der Waals surface area contributed by atoms with Crippen LogP contribution in [0.5, 0.6) is 0 Å². The molecule has 0 aromatic carbocycles. The number of hydrogen-bond donors (Lipinski definition) is 1. The van der Waals surface area contributed by atoms with E-state index in [-0.39, 0.29) is 5.56 Å². The topological polar surface area (TPSA) is 55.1 Å². The van der Waals surface area contributed by atoms with Gasteiger partial charge in [0.15, 0.2) is 0 Å². The summed E-state index contributed by atoms with van der Waals surface area (Å²) >= 11 is 3.33. The van der Waals surface area contributed by atoms with E-state index in [0.717, 1.165) is 16.0 Å². The van der Waals surface area contributed by atoms with Gasteiger partial charge in [-0.2, -0.15) is 0 Å². The summed E-state index contributed by atoms with van der Waals surface area (Å²) in [6, 6.07) is 7.36. The monoisotopic (exact) mass is 294 g/mol. The standard InChI is InChI=1S/C12H11BrN2O2/c1-8-3-2-4-10(14-8)7-15-6-9(12(16)17)5-11(15)13/h2-6H,7H2,1H3,(H,16,17). The van der Waals surface area contributed by atoms with Crippen molar-refractivity contribution in [3.05, 3.63) is 52.0 Å². The van der Waals surface area contributed by atoms with E-state index in [0.29, 0.717) is 6.54 Å². The highest BCUT2D eigenvalue weighted by Gasteiger charge is 2.09. The maximum Gasteiger partial charge on any atom is 0.337 e. The molecule has 0 radical (unpaired) electrons. The Balaban J connectivity index is 2.27. The second-order valence-electron chi connectivity index (χ2n) is 3.75. The summed E-state index contributed by atoms with van der Waals surface area (Å²) in [5.41, 5.74) is 2.12. The summed E-state index contributed by atoms with van der Waals surface area (Å²) in [6.45, 7) is 2.48. The number of halogens is 1. The number of carboxylic acids is 1. The second kappa shape index (κ2) is 4.71. The Morgan fingerprint density at radius 3 is 2.88 bits per heavy atom. The van der Waals surface area contributed by atoms with Gasteiger partial charge in [-0.05, 0) is 41.1 Å². The SMILES string of the molecule is Cc1cccc(Cn2cc(C(=O)O)cc2Br)n1. The molecule has 2 heterocycles. The molecule has 0 bridgehead atoms. The third-order valence-corrected chi connectivity index (χ3v) is 3.05. The Morgan fingerprint density at radius 2 is 2.29 bits per heavy atom. The van der Waals surface area contributed by atoms with E-state index in [4.69, 9.17) is 5.11 Å². The van der Waals surface area contributed by atoms with Crippen LogP contribution >= 0.6 is 15.9 Å². The highest BCUT2D eigenvalue weighted by molar-refractivity contribution is 9.10. The van der Waals surface area contributed by atoms with Crippen molar-refractivity contribution in [3.8, 4) is 0 Å². The first-order valence-corrected chi connectivity index (χ1v) is 5.87. The van der Waals surface area contributed by atoms with Gasteiger partial charge in [-0.15, -0.1) is 0 Å². The second-order valence-corrected chi connectivity index (χ2v) is 4.57. The van der Waals surface area contributed by atoms with E-state index in [9.17, 15) is 4.79 Å². The minimum absolute atomic E-state index is 0.268. The van der Waals surface area contributed by atoms with Gasteiger partial charge in [0.1, 0.15) is 0 Å². The predicted octanol–water partition coefficient (Wildman–Crippen LogP) is 2.70. The smallest absolute Gasteiger partial charge is 0.337 e. The van der Waals surface area contributed by atoms with Crippen molar-refractivity contribution in [3.63, 3.8) is 0 Å². The number of carbonyl (C=O) groups is 1. The van der Waals surface area contributed by atoms with Gasteiger partial charge in [0.2, 0.25) is 0 Å². The van der Waals surface area contributed by atoms with Gasteiger partial charge in [-0.25, -0.2) is 4.79 Å². The lowest BCUT2D eigenvalue weighted by Gasteiger charge is -2.04. The summed E-state index contributed by atoms with van der Waals surface area (Å²) in [4.78, 5) is 15.2. The Bertz CT molecular complexity index is 563. The van der Waals surface area contributed by atoms with Crippen LogP contribution in [0.3, 0.4) is 0 Å². The van der Waals surface area contributed by atoms with Crippen LogP contribution in [0.4, 0.5) is 0 Å². The van der Waals surface area contributed by atoms with Gasteiger partial charge in [-0.1, -0.05) is 6.07 Å². The molecule has 0 fully saturated rings. The molecule has 0 atom stereocenters. The van der Waals surface area contributed by atoms with E-state index in [1.165, 1.54) is 0 Å². The molecule has 2 aromatic rings. The third-order valence-electron chi connectivity index (χ3n) is 2.37. The van der Waals surface area contributed by atoms with E-state index in [2.05, 4.69) is 20.9 Å². The molecule has 0 saturated heterocycles. The molecule has 4 nitrogen and oxygen atoms in total. The first-order chi connectivity index (χ1) is 8.06. The predicted molar refractivity (Wildman–Crippen MR) is 67.2 cm³/mol. The molecule has 1 N–H and O–H groups in total. The molecule has 0 spiro atoms. The molecule has 0 aliphatic rings. The number of aromatic nitrogens is 2. The number of rotatable bonds is 3. The molecule has 0 aliphatic heterocycles. The fourth-order valence-electron chi connectivity index (χ4n) is 1.58. The van der Waals surface area contributed by atoms with E-state index < -0.39 is 5.97 Å². The van der Waals surface area contributed by atoms with Crippen molar-refractivity contribution in [1.82, 2.24) is 9.55 Å². The summed E-state index contributed by atoms with van der Waals surface area (Å²) in [5.74, 6) is -0.929. The summed E-state index contributed by atoms with van der Waals surface area (Å²) < 4.78 is 2.55. The molecule has 17 heavy (non-hydrogen) atoms. The van der Waals surface area contributed by atoms with Crippen LogP contribution in [0.1, 0.15) is 21.7 Å². The molecule has 5 heteroatoms. The molecular formula is C12H11BrN2O2. The first-order valence-electron chi connectivity index (χ1n) is 5.08. The van der Waals surface area contributed by atoms with Crippen molar-refractivity contribution in [1.29, 1.82) is 0 Å². The Labute approximate surface area is 107 Å². The van der Waals surface area contributed by atoms with Gasteiger partial charge >= 0.3 is 5.97 Å². The Hall–Kier alpha value is -1.62. The lowest BCUT2D eigenvalue weighted by Crippen LogP contribution is -2.01. The summed E-state index contributed by atoms with van der Waals surface area (Å²) in [5, 5.41) is 8.88. The summed E-state index contributed by atoms with van der Waals surface area (Å²) in [6.07, 6.45) is 1.59. The molecule has 88 valence electrons. The molecule has 0 aliphatic carbocycles. The van der Waals surface area contributed by atoms with Gasteiger partial charge in [0, 0.05) is 11.9 Å². The maximum atomic E-state index is 10.8. The van der Waals surface area contributed by atoms with Crippen LogP contribution in [0.2, 0.25) is 0 Å². The summed E-state index contributed by atoms with van der Waals surface area (Å²) in [7, 11) is 0. The molecule has 2 aromatic heterocycles. The number of aryl methyl sites for hydroxylation is 1. The van der Waals surface area contributed by atoms with Gasteiger partial charge in [0.25, 0.3) is 0 Å². The van der Waals surface area contributed by atoms with Crippen LogP contribution < -0.4 is 0 Å². The molecule has 0 saturated carbocycles. The van der Waals surface area contributed by atoms with Crippen LogP contribution in [0.15, 0.2) is 35.1 Å². The Kier molecular flexibility index (Phi) is 3.28. The zero-order chi connectivity index (χ0) is 12.4. The van der Waals surface area contributed by atoms with Crippen molar-refractivity contribution in [2.45, 2.75) is 13.5 Å². The number of nitrogens with zero attached hydrogens (tertiary/aromatic N) is 2. The van der Waals surface area contributed by atoms with Gasteiger partial charge in [0.05, 0.1) is 22.4 Å². The van der Waals surface area contributed by atoms with E-state index in [1.54, 1.807) is 12.3 Å². The minimum Gasteiger partial charge on any atom is -0.478 e. The molecule has 0 amide bonds. The minimum atomic E-state index is -0.929. The van der Waals surface area contributed by atoms with Crippen molar-refractivity contribution >= 4 is 21.9 Å².